The molecule has 160 valence electrons. The van der Waals surface area contributed by atoms with Crippen molar-refractivity contribution >= 4 is 17.5 Å². The van der Waals surface area contributed by atoms with E-state index in [1.54, 1.807) is 4.90 Å². The number of nitrogens with one attached hydrogen (secondary N) is 1. The molecule has 2 aromatic carbocycles. The highest BCUT2D eigenvalue weighted by Crippen LogP contribution is 2.32. The molecule has 0 atom stereocenters. The molecule has 0 fully saturated rings. The summed E-state index contributed by atoms with van der Waals surface area (Å²) < 4.78 is 10.7. The largest absolute Gasteiger partial charge is 0.482 e. The number of carbonyl (C=O) groups excluding carboxylic acids is 2. The van der Waals surface area contributed by atoms with E-state index < -0.39 is 0 Å². The second-order valence-electron chi connectivity index (χ2n) is 7.39. The van der Waals surface area contributed by atoms with Crippen molar-refractivity contribution in [3.63, 3.8) is 0 Å². The fourth-order valence-electron chi connectivity index (χ4n) is 3.41. The monoisotopic (exact) mass is 420 g/mol. The lowest BCUT2D eigenvalue weighted by Crippen LogP contribution is -2.39. The molecule has 8 nitrogen and oxygen atoms in total. The number of hydrogen-bond donors (Lipinski definition) is 1. The Labute approximate surface area is 180 Å². The molecule has 3 aromatic rings. The highest BCUT2D eigenvalue weighted by atomic mass is 16.5. The minimum absolute atomic E-state index is 0.0257. The van der Waals surface area contributed by atoms with Gasteiger partial charge in [-0.1, -0.05) is 29.4 Å². The van der Waals surface area contributed by atoms with Crippen LogP contribution in [0.2, 0.25) is 0 Å². The van der Waals surface area contributed by atoms with Crippen molar-refractivity contribution in [3.8, 4) is 17.2 Å². The van der Waals surface area contributed by atoms with Gasteiger partial charge in [0.25, 0.3) is 11.8 Å². The summed E-state index contributed by atoms with van der Waals surface area (Å²) in [4.78, 5) is 30.5. The lowest BCUT2D eigenvalue weighted by Gasteiger charge is -2.29. The molecule has 1 aliphatic rings. The van der Waals surface area contributed by atoms with Crippen molar-refractivity contribution in [2.75, 3.05) is 24.6 Å². The molecular formula is C23H24N4O4. The Kier molecular flexibility index (Phi) is 6.26. The Morgan fingerprint density at radius 2 is 2.03 bits per heavy atom. The maximum absolute atomic E-state index is 12.3. The van der Waals surface area contributed by atoms with Crippen molar-refractivity contribution < 1.29 is 18.8 Å². The highest BCUT2D eigenvalue weighted by molar-refractivity contribution is 5.98. The minimum atomic E-state index is -0.0927. The Morgan fingerprint density at radius 3 is 2.87 bits per heavy atom. The molecule has 1 aliphatic heterocycles. The summed E-state index contributed by atoms with van der Waals surface area (Å²) in [6.07, 6.45) is 1.37. The lowest BCUT2D eigenvalue weighted by atomic mass is 10.1. The van der Waals surface area contributed by atoms with Crippen LogP contribution in [0.15, 0.2) is 53.1 Å². The van der Waals surface area contributed by atoms with E-state index in [4.69, 9.17) is 9.26 Å². The Morgan fingerprint density at radius 1 is 1.19 bits per heavy atom. The summed E-state index contributed by atoms with van der Waals surface area (Å²) in [5, 5.41) is 6.82. The van der Waals surface area contributed by atoms with Gasteiger partial charge in [0.2, 0.25) is 5.91 Å². The van der Waals surface area contributed by atoms with Crippen LogP contribution in [-0.4, -0.2) is 41.7 Å². The first-order valence-electron chi connectivity index (χ1n) is 10.3. The maximum Gasteiger partial charge on any atom is 0.265 e. The van der Waals surface area contributed by atoms with Crippen LogP contribution < -0.4 is 15.0 Å². The third-order valence-corrected chi connectivity index (χ3v) is 5.00. The number of benzene rings is 2. The zero-order valence-corrected chi connectivity index (χ0v) is 17.3. The lowest BCUT2D eigenvalue weighted by molar-refractivity contribution is -0.122. The average molecular weight is 420 g/mol. The molecule has 1 N–H and O–H groups in total. The predicted octanol–water partition coefficient (Wildman–Crippen LogP) is 2.91. The van der Waals surface area contributed by atoms with Crippen molar-refractivity contribution in [3.05, 3.63) is 59.9 Å². The summed E-state index contributed by atoms with van der Waals surface area (Å²) in [5.41, 5.74) is 2.68. The quantitative estimate of drug-likeness (QED) is 0.602. The van der Waals surface area contributed by atoms with Crippen molar-refractivity contribution in [2.45, 2.75) is 26.2 Å². The molecule has 0 saturated heterocycles. The zero-order valence-electron chi connectivity index (χ0n) is 17.3. The third-order valence-electron chi connectivity index (χ3n) is 5.00. The average Bonchev–Trinajstić information content (AvgIpc) is 3.25. The smallest absolute Gasteiger partial charge is 0.265 e. The molecule has 0 spiro atoms. The Bertz CT molecular complexity index is 1060. The molecular weight excluding hydrogens is 396 g/mol. The van der Waals surface area contributed by atoms with E-state index in [1.807, 2.05) is 55.5 Å². The Balaban J connectivity index is 1.21. The van der Waals surface area contributed by atoms with Crippen LogP contribution in [-0.2, 0) is 16.0 Å². The van der Waals surface area contributed by atoms with Crippen molar-refractivity contribution in [1.29, 1.82) is 0 Å². The minimum Gasteiger partial charge on any atom is -0.482 e. The Hall–Kier alpha value is -3.68. The van der Waals surface area contributed by atoms with Gasteiger partial charge in [0, 0.05) is 31.5 Å². The van der Waals surface area contributed by atoms with E-state index in [0.717, 1.165) is 16.8 Å². The van der Waals surface area contributed by atoms with Gasteiger partial charge in [0.15, 0.2) is 12.4 Å². The van der Waals surface area contributed by atoms with Crippen LogP contribution in [0.5, 0.6) is 5.75 Å². The van der Waals surface area contributed by atoms with E-state index in [9.17, 15) is 9.59 Å². The van der Waals surface area contributed by atoms with Crippen LogP contribution in [0, 0.1) is 6.92 Å². The molecule has 0 saturated carbocycles. The molecule has 8 heteroatoms. The second kappa shape index (κ2) is 9.42. The molecule has 0 unspecified atom stereocenters. The molecule has 1 aromatic heterocycles. The molecule has 4 rings (SSSR count). The first-order chi connectivity index (χ1) is 15.1. The number of rotatable bonds is 8. The van der Waals surface area contributed by atoms with Gasteiger partial charge in [-0.2, -0.15) is 4.98 Å². The second-order valence-corrected chi connectivity index (χ2v) is 7.39. The molecule has 2 heterocycles. The summed E-state index contributed by atoms with van der Waals surface area (Å²) in [6.45, 7) is 2.89. The third kappa shape index (κ3) is 5.09. The maximum atomic E-state index is 12.3. The van der Waals surface area contributed by atoms with Crippen LogP contribution in [0.1, 0.15) is 24.2 Å². The normalized spacial score (nSPS) is 12.9. The number of carbonyl (C=O) groups is 2. The standard InChI is InChI=1S/C23H24N4O4/c1-16-9-10-19-18(14-16)27(22(29)15-30-19)13-5-8-21(28)24-12-11-20-25-23(31-26-20)17-6-3-2-4-7-17/h2-4,6-7,9-10,14H,5,8,11-13,15H2,1H3,(H,24,28). The summed E-state index contributed by atoms with van der Waals surface area (Å²) in [5.74, 6) is 1.55. The number of anilines is 1. The number of ether oxygens (including phenoxy) is 1. The topological polar surface area (TPSA) is 97.6 Å². The zero-order chi connectivity index (χ0) is 21.6. The van der Waals surface area contributed by atoms with Gasteiger partial charge in [-0.05, 0) is 43.2 Å². The van der Waals surface area contributed by atoms with Gasteiger partial charge in [0.1, 0.15) is 5.75 Å². The molecule has 2 amide bonds. The fourth-order valence-corrected chi connectivity index (χ4v) is 3.41. The van der Waals surface area contributed by atoms with Crippen LogP contribution in [0.4, 0.5) is 5.69 Å². The van der Waals surface area contributed by atoms with E-state index in [-0.39, 0.29) is 18.4 Å². The van der Waals surface area contributed by atoms with Gasteiger partial charge in [-0.25, -0.2) is 0 Å². The van der Waals surface area contributed by atoms with E-state index in [0.29, 0.717) is 49.8 Å². The first kappa shape index (κ1) is 20.6. The molecule has 31 heavy (non-hydrogen) atoms. The SMILES string of the molecule is Cc1ccc2c(c1)N(CCCC(=O)NCCc1noc(-c3ccccc3)n1)C(=O)CO2. The predicted molar refractivity (Wildman–Crippen MR) is 115 cm³/mol. The van der Waals surface area contributed by atoms with E-state index in [2.05, 4.69) is 15.5 Å². The fraction of sp³-hybridized carbons (Fsp3) is 0.304. The number of nitrogens with zero attached hydrogens (tertiary/aromatic N) is 3. The molecule has 0 radical (unpaired) electrons. The highest BCUT2D eigenvalue weighted by Gasteiger charge is 2.25. The number of fused-ring (bicyclic) bond motifs is 1. The summed E-state index contributed by atoms with van der Waals surface area (Å²) >= 11 is 0. The van der Waals surface area contributed by atoms with Gasteiger partial charge in [-0.3, -0.25) is 9.59 Å². The van der Waals surface area contributed by atoms with Crippen LogP contribution >= 0.6 is 0 Å². The molecule has 0 bridgehead atoms. The van der Waals surface area contributed by atoms with Crippen LogP contribution in [0.25, 0.3) is 11.5 Å². The summed E-state index contributed by atoms with van der Waals surface area (Å²) in [7, 11) is 0. The first-order valence-corrected chi connectivity index (χ1v) is 10.3. The van der Waals surface area contributed by atoms with Crippen LogP contribution in [0.3, 0.4) is 0 Å². The van der Waals surface area contributed by atoms with Gasteiger partial charge in [0.05, 0.1) is 5.69 Å². The van der Waals surface area contributed by atoms with Gasteiger partial charge >= 0.3 is 0 Å². The van der Waals surface area contributed by atoms with E-state index >= 15 is 0 Å². The number of aromatic nitrogens is 2. The summed E-state index contributed by atoms with van der Waals surface area (Å²) in [6, 6.07) is 15.3. The number of aryl methyl sites for hydroxylation is 1. The van der Waals surface area contributed by atoms with E-state index in [1.165, 1.54) is 0 Å². The number of amides is 2. The molecule has 0 aliphatic carbocycles. The van der Waals surface area contributed by atoms with Crippen molar-refractivity contribution in [2.24, 2.45) is 0 Å². The number of hydrogen-bond acceptors (Lipinski definition) is 6. The van der Waals surface area contributed by atoms with Gasteiger partial charge < -0.3 is 19.5 Å². The van der Waals surface area contributed by atoms with Gasteiger partial charge in [-0.15, -0.1) is 0 Å². The van der Waals surface area contributed by atoms with Crippen molar-refractivity contribution in [1.82, 2.24) is 15.5 Å².